The van der Waals surface area contributed by atoms with Crippen LogP contribution in [-0.2, 0) is 16.0 Å². The second kappa shape index (κ2) is 13.0. The molecule has 0 saturated carbocycles. The molecule has 1 spiro atoms. The molecule has 2 heterocycles. The first kappa shape index (κ1) is 27.0. The number of likely N-dealkylation sites (N-methyl/N-ethyl adjacent to an activating group) is 1. The van der Waals surface area contributed by atoms with Crippen molar-refractivity contribution in [3.63, 3.8) is 0 Å². The fourth-order valence-corrected chi connectivity index (χ4v) is 5.32. The lowest BCUT2D eigenvalue weighted by molar-refractivity contribution is -0.134. The third-order valence-corrected chi connectivity index (χ3v) is 7.79. The van der Waals surface area contributed by atoms with E-state index in [9.17, 15) is 9.59 Å². The Morgan fingerprint density at radius 3 is 2.54 bits per heavy atom. The second-order valence-electron chi connectivity index (χ2n) is 10.3. The van der Waals surface area contributed by atoms with Crippen LogP contribution in [0.15, 0.2) is 48.5 Å². The summed E-state index contributed by atoms with van der Waals surface area (Å²) in [6, 6.07) is 15.4. The normalized spacial score (nSPS) is 19.0. The van der Waals surface area contributed by atoms with E-state index in [1.54, 1.807) is 19.1 Å². The molecule has 7 heteroatoms. The van der Waals surface area contributed by atoms with Crippen LogP contribution >= 0.6 is 0 Å². The Morgan fingerprint density at radius 2 is 1.73 bits per heavy atom. The largest absolute Gasteiger partial charge is 0.496 e. The zero-order chi connectivity index (χ0) is 26.1. The summed E-state index contributed by atoms with van der Waals surface area (Å²) < 4.78 is 17.6. The average molecular weight is 509 g/mol. The van der Waals surface area contributed by atoms with Crippen molar-refractivity contribution in [3.05, 3.63) is 59.7 Å². The van der Waals surface area contributed by atoms with Crippen LogP contribution in [-0.4, -0.2) is 75.2 Å². The number of benzene rings is 2. The monoisotopic (exact) mass is 508 g/mol. The van der Waals surface area contributed by atoms with Crippen LogP contribution in [0.2, 0.25) is 0 Å². The number of ether oxygens (including phenoxy) is 3. The summed E-state index contributed by atoms with van der Waals surface area (Å²) >= 11 is 0. The Bertz CT molecular complexity index is 1050. The summed E-state index contributed by atoms with van der Waals surface area (Å²) in [4.78, 5) is 29.8. The lowest BCUT2D eigenvalue weighted by Crippen LogP contribution is -2.45. The maximum atomic E-state index is 13.0. The van der Waals surface area contributed by atoms with Gasteiger partial charge in [-0.1, -0.05) is 36.8 Å². The van der Waals surface area contributed by atoms with Crippen LogP contribution in [0.25, 0.3) is 0 Å². The van der Waals surface area contributed by atoms with Crippen molar-refractivity contribution in [2.24, 2.45) is 5.41 Å². The van der Waals surface area contributed by atoms with Crippen molar-refractivity contribution in [2.45, 2.75) is 44.9 Å². The Labute approximate surface area is 220 Å². The average Bonchev–Trinajstić information content (AvgIpc) is 2.94. The third kappa shape index (κ3) is 7.04. The molecule has 0 radical (unpaired) electrons. The highest BCUT2D eigenvalue weighted by Crippen LogP contribution is 2.38. The van der Waals surface area contributed by atoms with Gasteiger partial charge in [-0.3, -0.25) is 9.59 Å². The van der Waals surface area contributed by atoms with E-state index in [0.717, 1.165) is 56.5 Å². The summed E-state index contributed by atoms with van der Waals surface area (Å²) in [5.74, 6) is 1.60. The van der Waals surface area contributed by atoms with E-state index in [2.05, 4.69) is 0 Å². The van der Waals surface area contributed by atoms with E-state index < -0.39 is 0 Å². The van der Waals surface area contributed by atoms with E-state index in [1.807, 2.05) is 53.4 Å². The molecule has 2 amide bonds. The first-order valence-corrected chi connectivity index (χ1v) is 13.5. The number of hydrogen-bond donors (Lipinski definition) is 0. The highest BCUT2D eigenvalue weighted by Gasteiger charge is 2.36. The van der Waals surface area contributed by atoms with Crippen LogP contribution < -0.4 is 9.47 Å². The molecule has 7 nitrogen and oxygen atoms in total. The number of fused-ring (bicyclic) bond motifs is 1. The highest BCUT2D eigenvalue weighted by atomic mass is 16.5. The predicted molar refractivity (Wildman–Crippen MR) is 143 cm³/mol. The maximum Gasteiger partial charge on any atom is 0.257 e. The van der Waals surface area contributed by atoms with Crippen molar-refractivity contribution in [1.29, 1.82) is 0 Å². The van der Waals surface area contributed by atoms with Crippen molar-refractivity contribution >= 4 is 11.8 Å². The van der Waals surface area contributed by atoms with Gasteiger partial charge < -0.3 is 24.0 Å². The predicted octanol–water partition coefficient (Wildman–Crippen LogP) is 4.59. The highest BCUT2D eigenvalue weighted by molar-refractivity contribution is 5.96. The van der Waals surface area contributed by atoms with Gasteiger partial charge in [-0.15, -0.1) is 0 Å². The standard InChI is InChI=1S/C30H40N2O5/c1-31-20-22-36-21-8-7-15-30(23-37-27-12-6-4-10-25(27)29(31)34)16-18-32(19-17-30)28(33)14-13-24-9-3-5-11-26(24)35-2/h3-6,9-12H,7-8,13-23H2,1-2H3. The zero-order valence-electron chi connectivity index (χ0n) is 22.2. The van der Waals surface area contributed by atoms with Gasteiger partial charge in [0.2, 0.25) is 5.91 Å². The fraction of sp³-hybridized carbons (Fsp3) is 0.533. The lowest BCUT2D eigenvalue weighted by atomic mass is 9.75. The molecule has 200 valence electrons. The number of rotatable bonds is 4. The number of nitrogens with zero attached hydrogens (tertiary/aromatic N) is 2. The van der Waals surface area contributed by atoms with E-state index in [1.165, 1.54) is 0 Å². The summed E-state index contributed by atoms with van der Waals surface area (Å²) in [6.45, 7) is 3.79. The summed E-state index contributed by atoms with van der Waals surface area (Å²) in [5.41, 5.74) is 1.62. The molecule has 1 saturated heterocycles. The molecular weight excluding hydrogens is 468 g/mol. The lowest BCUT2D eigenvalue weighted by Gasteiger charge is -2.42. The molecule has 2 aromatic rings. The number of hydrogen-bond acceptors (Lipinski definition) is 5. The number of carbonyl (C=O) groups is 2. The summed E-state index contributed by atoms with van der Waals surface area (Å²) in [5, 5.41) is 0. The number of aryl methyl sites for hydroxylation is 1. The number of carbonyl (C=O) groups excluding carboxylic acids is 2. The third-order valence-electron chi connectivity index (χ3n) is 7.79. The quantitative estimate of drug-likeness (QED) is 0.604. The molecular formula is C30H40N2O5. The molecule has 2 aliphatic heterocycles. The minimum absolute atomic E-state index is 0.0222. The Morgan fingerprint density at radius 1 is 0.973 bits per heavy atom. The van der Waals surface area contributed by atoms with Gasteiger partial charge >= 0.3 is 0 Å². The molecule has 0 aromatic heterocycles. The van der Waals surface area contributed by atoms with E-state index >= 15 is 0 Å². The maximum absolute atomic E-state index is 13.0. The number of likely N-dealkylation sites (tertiary alicyclic amines) is 1. The fourth-order valence-electron chi connectivity index (χ4n) is 5.32. The van der Waals surface area contributed by atoms with Gasteiger partial charge in [-0.05, 0) is 55.9 Å². The van der Waals surface area contributed by atoms with Gasteiger partial charge in [-0.2, -0.15) is 0 Å². The topological polar surface area (TPSA) is 68.3 Å². The minimum atomic E-state index is -0.0548. The Kier molecular flexibility index (Phi) is 9.45. The molecule has 2 aliphatic rings. The number of methoxy groups -OCH3 is 1. The van der Waals surface area contributed by atoms with Crippen LogP contribution in [0, 0.1) is 5.41 Å². The van der Waals surface area contributed by atoms with Gasteiger partial charge in [0.25, 0.3) is 5.91 Å². The van der Waals surface area contributed by atoms with Crippen LogP contribution in [0.4, 0.5) is 0 Å². The van der Waals surface area contributed by atoms with Crippen molar-refractivity contribution in [2.75, 3.05) is 53.6 Å². The van der Waals surface area contributed by atoms with Crippen molar-refractivity contribution in [3.8, 4) is 11.5 Å². The summed E-state index contributed by atoms with van der Waals surface area (Å²) in [7, 11) is 3.47. The van der Waals surface area contributed by atoms with Gasteiger partial charge in [0.1, 0.15) is 11.5 Å². The van der Waals surface area contributed by atoms with Crippen molar-refractivity contribution < 1.29 is 23.8 Å². The zero-order valence-corrected chi connectivity index (χ0v) is 22.2. The molecule has 0 N–H and O–H groups in total. The molecule has 1 fully saturated rings. The van der Waals surface area contributed by atoms with E-state index in [-0.39, 0.29) is 17.2 Å². The first-order valence-electron chi connectivity index (χ1n) is 13.5. The molecule has 0 atom stereocenters. The van der Waals surface area contributed by atoms with Crippen LogP contribution in [0.5, 0.6) is 11.5 Å². The number of piperidine rings is 1. The number of amides is 2. The van der Waals surface area contributed by atoms with Gasteiger partial charge in [0.15, 0.2) is 0 Å². The molecule has 2 aromatic carbocycles. The molecule has 4 rings (SSSR count). The van der Waals surface area contributed by atoms with E-state index in [0.29, 0.717) is 50.5 Å². The molecule has 0 bridgehead atoms. The summed E-state index contributed by atoms with van der Waals surface area (Å²) in [6.07, 6.45) is 6.00. The van der Waals surface area contributed by atoms with Gasteiger partial charge in [-0.25, -0.2) is 0 Å². The second-order valence-corrected chi connectivity index (χ2v) is 10.3. The minimum Gasteiger partial charge on any atom is -0.496 e. The Balaban J connectivity index is 1.40. The van der Waals surface area contributed by atoms with Gasteiger partial charge in [0.05, 0.1) is 25.9 Å². The SMILES string of the molecule is COc1ccccc1CCC(=O)N1CCC2(CCCCOCCN(C)C(=O)c3ccccc3OC2)CC1. The van der Waals surface area contributed by atoms with E-state index in [4.69, 9.17) is 14.2 Å². The molecule has 0 unspecified atom stereocenters. The molecule has 0 aliphatic carbocycles. The van der Waals surface area contributed by atoms with Crippen LogP contribution in [0.1, 0.15) is 54.4 Å². The first-order chi connectivity index (χ1) is 18.0. The number of para-hydroxylation sites is 2. The van der Waals surface area contributed by atoms with Gasteiger partial charge in [0, 0.05) is 45.1 Å². The Hall–Kier alpha value is -3.06. The smallest absolute Gasteiger partial charge is 0.257 e. The van der Waals surface area contributed by atoms with Crippen molar-refractivity contribution in [1.82, 2.24) is 9.80 Å². The molecule has 37 heavy (non-hydrogen) atoms. The van der Waals surface area contributed by atoms with Crippen LogP contribution in [0.3, 0.4) is 0 Å².